The van der Waals surface area contributed by atoms with Crippen LogP contribution in [0.2, 0.25) is 0 Å². The second kappa shape index (κ2) is 7.36. The summed E-state index contributed by atoms with van der Waals surface area (Å²) in [5.41, 5.74) is 0.320. The number of nitrogens with zero attached hydrogens (tertiary/aromatic N) is 4. The van der Waals surface area contributed by atoms with Crippen LogP contribution < -0.4 is 10.6 Å². The summed E-state index contributed by atoms with van der Waals surface area (Å²) in [6.45, 7) is 3.28. The highest BCUT2D eigenvalue weighted by molar-refractivity contribution is 7.91. The lowest BCUT2D eigenvalue weighted by atomic mass is 10.2. The number of benzene rings is 1. The van der Waals surface area contributed by atoms with Gasteiger partial charge in [-0.15, -0.1) is 5.10 Å². The monoisotopic (exact) mass is 388 g/mol. The van der Waals surface area contributed by atoms with E-state index in [1.807, 2.05) is 0 Å². The van der Waals surface area contributed by atoms with Crippen molar-refractivity contribution in [1.29, 1.82) is 0 Å². The Hall–Kier alpha value is -2.94. The van der Waals surface area contributed by atoms with Crippen LogP contribution >= 0.6 is 0 Å². The third-order valence-electron chi connectivity index (χ3n) is 4.26. The molecule has 3 rings (SSSR count). The van der Waals surface area contributed by atoms with Gasteiger partial charge in [-0.3, -0.25) is 9.20 Å². The Bertz CT molecular complexity index is 1150. The molecule has 0 aliphatic heterocycles. The molecule has 0 saturated carbocycles. The second-order valence-corrected chi connectivity index (χ2v) is 8.12. The summed E-state index contributed by atoms with van der Waals surface area (Å²) in [5, 5.41) is 4.15. The molecule has 9 heteroatoms. The Kier molecular flexibility index (Phi) is 5.13. The standard InChI is InChI=1S/C18H20N4O4S/c1-3-20(14-9-5-6-10-15(14)27(25,26)4-2)17(23)13-22-18(24)21-12-8-7-11-16(21)19-22/h5-12H,3-4,13H2,1-2H3. The molecular weight excluding hydrogens is 368 g/mol. The molecule has 0 saturated heterocycles. The van der Waals surface area contributed by atoms with Crippen molar-refractivity contribution in [2.24, 2.45) is 0 Å². The summed E-state index contributed by atoms with van der Waals surface area (Å²) in [4.78, 5) is 26.7. The predicted octanol–water partition coefficient (Wildman–Crippen LogP) is 1.34. The van der Waals surface area contributed by atoms with Gasteiger partial charge >= 0.3 is 5.69 Å². The van der Waals surface area contributed by atoms with Crippen molar-refractivity contribution >= 4 is 27.1 Å². The topological polar surface area (TPSA) is 93.8 Å². The van der Waals surface area contributed by atoms with E-state index in [1.165, 1.54) is 15.4 Å². The molecule has 0 spiro atoms. The van der Waals surface area contributed by atoms with Gasteiger partial charge < -0.3 is 4.90 Å². The zero-order valence-corrected chi connectivity index (χ0v) is 15.9. The summed E-state index contributed by atoms with van der Waals surface area (Å²) < 4.78 is 27.2. The Morgan fingerprint density at radius 1 is 1.11 bits per heavy atom. The first kappa shape index (κ1) is 18.8. The molecule has 0 aliphatic rings. The zero-order valence-electron chi connectivity index (χ0n) is 15.1. The molecule has 0 fully saturated rings. The van der Waals surface area contributed by atoms with Gasteiger partial charge in [0.2, 0.25) is 5.91 Å². The molecule has 0 aliphatic carbocycles. The number of carbonyl (C=O) groups is 1. The molecule has 0 atom stereocenters. The van der Waals surface area contributed by atoms with Crippen LogP contribution in [0.1, 0.15) is 13.8 Å². The van der Waals surface area contributed by atoms with Crippen molar-refractivity contribution in [3.8, 4) is 0 Å². The molecule has 1 aromatic carbocycles. The van der Waals surface area contributed by atoms with Gasteiger partial charge in [0.15, 0.2) is 15.5 Å². The number of fused-ring (bicyclic) bond motifs is 1. The van der Waals surface area contributed by atoms with Gasteiger partial charge in [0, 0.05) is 12.7 Å². The van der Waals surface area contributed by atoms with E-state index in [4.69, 9.17) is 0 Å². The molecule has 2 aromatic heterocycles. The van der Waals surface area contributed by atoms with Gasteiger partial charge in [-0.2, -0.15) is 0 Å². The minimum absolute atomic E-state index is 0.0678. The molecule has 3 aromatic rings. The van der Waals surface area contributed by atoms with Gasteiger partial charge in [0.25, 0.3) is 0 Å². The van der Waals surface area contributed by atoms with Gasteiger partial charge in [0.1, 0.15) is 6.54 Å². The van der Waals surface area contributed by atoms with Crippen LogP contribution in [0.4, 0.5) is 5.69 Å². The first-order valence-corrected chi connectivity index (χ1v) is 10.2. The predicted molar refractivity (Wildman–Crippen MR) is 102 cm³/mol. The SMILES string of the molecule is CCN(C(=O)Cn1nc2ccccn2c1=O)c1ccccc1S(=O)(=O)CC. The summed E-state index contributed by atoms with van der Waals surface area (Å²) in [6.07, 6.45) is 1.58. The molecule has 0 N–H and O–H groups in total. The fourth-order valence-corrected chi connectivity index (χ4v) is 3.96. The lowest BCUT2D eigenvalue weighted by molar-refractivity contribution is -0.119. The maximum absolute atomic E-state index is 12.9. The minimum Gasteiger partial charge on any atom is -0.310 e. The zero-order chi connectivity index (χ0) is 19.6. The van der Waals surface area contributed by atoms with Crippen LogP contribution in [0.25, 0.3) is 5.65 Å². The highest BCUT2D eigenvalue weighted by atomic mass is 32.2. The average Bonchev–Trinajstić information content (AvgIpc) is 2.98. The number of rotatable bonds is 6. The van der Waals surface area contributed by atoms with Gasteiger partial charge in [-0.1, -0.05) is 25.1 Å². The molecule has 142 valence electrons. The fraction of sp³-hybridized carbons (Fsp3) is 0.278. The Morgan fingerprint density at radius 2 is 1.81 bits per heavy atom. The normalized spacial score (nSPS) is 11.6. The van der Waals surface area contributed by atoms with E-state index in [1.54, 1.807) is 56.4 Å². The van der Waals surface area contributed by atoms with E-state index in [0.29, 0.717) is 11.3 Å². The van der Waals surface area contributed by atoms with Gasteiger partial charge in [-0.05, 0) is 31.2 Å². The highest BCUT2D eigenvalue weighted by Gasteiger charge is 2.24. The fourth-order valence-electron chi connectivity index (χ4n) is 2.86. The van der Waals surface area contributed by atoms with Crippen molar-refractivity contribution in [3.63, 3.8) is 0 Å². The number of hydrogen-bond acceptors (Lipinski definition) is 5. The van der Waals surface area contributed by atoms with E-state index in [0.717, 1.165) is 4.68 Å². The van der Waals surface area contributed by atoms with E-state index in [-0.39, 0.29) is 23.7 Å². The molecule has 1 amide bonds. The van der Waals surface area contributed by atoms with E-state index >= 15 is 0 Å². The third kappa shape index (κ3) is 3.50. The molecule has 27 heavy (non-hydrogen) atoms. The van der Waals surface area contributed by atoms with Gasteiger partial charge in [-0.25, -0.2) is 17.9 Å². The van der Waals surface area contributed by atoms with Crippen molar-refractivity contribution in [2.75, 3.05) is 17.2 Å². The Morgan fingerprint density at radius 3 is 2.48 bits per heavy atom. The smallest absolute Gasteiger partial charge is 0.310 e. The number of pyridine rings is 1. The number of anilines is 1. The molecule has 0 radical (unpaired) electrons. The second-order valence-electron chi connectivity index (χ2n) is 5.88. The summed E-state index contributed by atoms with van der Waals surface area (Å²) in [6, 6.07) is 11.5. The van der Waals surface area contributed by atoms with Crippen LogP contribution in [0, 0.1) is 0 Å². The maximum atomic E-state index is 12.9. The van der Waals surface area contributed by atoms with Crippen LogP contribution in [-0.4, -0.2) is 40.8 Å². The van der Waals surface area contributed by atoms with Crippen molar-refractivity contribution < 1.29 is 13.2 Å². The van der Waals surface area contributed by atoms with Crippen LogP contribution in [0.5, 0.6) is 0 Å². The number of amides is 1. The lowest BCUT2D eigenvalue weighted by Gasteiger charge is -2.23. The minimum atomic E-state index is -3.50. The average molecular weight is 388 g/mol. The van der Waals surface area contributed by atoms with Gasteiger partial charge in [0.05, 0.1) is 16.3 Å². The highest BCUT2D eigenvalue weighted by Crippen LogP contribution is 2.26. The van der Waals surface area contributed by atoms with Crippen molar-refractivity contribution in [2.45, 2.75) is 25.3 Å². The summed E-state index contributed by atoms with van der Waals surface area (Å²) in [7, 11) is -3.50. The number of hydrogen-bond donors (Lipinski definition) is 0. The van der Waals surface area contributed by atoms with E-state index in [9.17, 15) is 18.0 Å². The number of sulfone groups is 1. The number of para-hydroxylation sites is 1. The summed E-state index contributed by atoms with van der Waals surface area (Å²) >= 11 is 0. The van der Waals surface area contributed by atoms with Crippen LogP contribution in [0.3, 0.4) is 0 Å². The van der Waals surface area contributed by atoms with Crippen LogP contribution in [0.15, 0.2) is 58.4 Å². The third-order valence-corrected chi connectivity index (χ3v) is 6.04. The first-order chi connectivity index (χ1) is 12.9. The van der Waals surface area contributed by atoms with E-state index in [2.05, 4.69) is 5.10 Å². The first-order valence-electron chi connectivity index (χ1n) is 8.55. The van der Waals surface area contributed by atoms with Crippen LogP contribution in [-0.2, 0) is 21.2 Å². The van der Waals surface area contributed by atoms with Crippen molar-refractivity contribution in [1.82, 2.24) is 14.2 Å². The molecule has 0 unspecified atom stereocenters. The molecular formula is C18H20N4O4S. The van der Waals surface area contributed by atoms with E-state index < -0.39 is 21.4 Å². The molecule has 0 bridgehead atoms. The quantitative estimate of drug-likeness (QED) is 0.635. The molecule has 2 heterocycles. The number of aromatic nitrogens is 3. The number of likely N-dealkylation sites (N-methyl/N-ethyl adjacent to an activating group) is 1. The molecule has 8 nitrogen and oxygen atoms in total. The Balaban J connectivity index is 1.98. The number of carbonyl (C=O) groups excluding carboxylic acids is 1. The lowest BCUT2D eigenvalue weighted by Crippen LogP contribution is -2.37. The summed E-state index contributed by atoms with van der Waals surface area (Å²) in [5.74, 6) is -0.483. The largest absolute Gasteiger partial charge is 0.350 e. The maximum Gasteiger partial charge on any atom is 0.350 e. The van der Waals surface area contributed by atoms with Crippen molar-refractivity contribution in [3.05, 3.63) is 59.1 Å². The Labute approximate surface area is 156 Å².